The molecule has 4 nitrogen and oxygen atoms in total. The number of hydrogen-bond donors (Lipinski definition) is 0. The minimum absolute atomic E-state index is 0.0796. The van der Waals surface area contributed by atoms with E-state index in [2.05, 4.69) is 5.16 Å². The maximum absolute atomic E-state index is 12.8. The summed E-state index contributed by atoms with van der Waals surface area (Å²) in [4.78, 5) is 2.20. The summed E-state index contributed by atoms with van der Waals surface area (Å²) >= 11 is 0. The maximum atomic E-state index is 12.8. The lowest BCUT2D eigenvalue weighted by molar-refractivity contribution is -0.289. The van der Waals surface area contributed by atoms with Crippen LogP contribution in [0.1, 0.15) is 5.69 Å². The van der Waals surface area contributed by atoms with Gasteiger partial charge in [0.05, 0.1) is 5.69 Å². The first-order valence-corrected chi connectivity index (χ1v) is 8.25. The number of benzene rings is 1. The van der Waals surface area contributed by atoms with Crippen LogP contribution in [-0.2, 0) is 6.54 Å². The number of aromatic nitrogens is 1. The molecule has 0 aliphatic carbocycles. The molecule has 0 unspecified atom stereocenters. The third kappa shape index (κ3) is 4.81. The van der Waals surface area contributed by atoms with Gasteiger partial charge in [-0.05, 0) is 0 Å². The summed E-state index contributed by atoms with van der Waals surface area (Å²) in [6.07, 6.45) is -10.7. The molecule has 3 rings (SSSR count). The fourth-order valence-electron chi connectivity index (χ4n) is 3.13. The molecule has 0 spiro atoms. The highest BCUT2D eigenvalue weighted by Crippen LogP contribution is 2.37. The Balaban J connectivity index is 1.59. The van der Waals surface area contributed by atoms with Crippen LogP contribution in [-0.4, -0.2) is 59.5 Å². The van der Waals surface area contributed by atoms with E-state index in [1.165, 1.54) is 0 Å². The summed E-state index contributed by atoms with van der Waals surface area (Å²) < 4.78 is 82.1. The Kier molecular flexibility index (Phi) is 5.48. The second-order valence-electron chi connectivity index (χ2n) is 6.35. The van der Waals surface area contributed by atoms with E-state index >= 15 is 0 Å². The van der Waals surface area contributed by atoms with Gasteiger partial charge in [-0.2, -0.15) is 26.3 Å². The lowest BCUT2D eigenvalue weighted by atomic mass is 10.1. The van der Waals surface area contributed by atoms with Gasteiger partial charge < -0.3 is 4.52 Å². The maximum Gasteiger partial charge on any atom is 0.412 e. The molecule has 1 fully saturated rings. The van der Waals surface area contributed by atoms with Gasteiger partial charge in [0.2, 0.25) is 6.04 Å². The number of piperazine rings is 1. The first-order valence-electron chi connectivity index (χ1n) is 8.25. The van der Waals surface area contributed by atoms with Crippen LogP contribution in [0.15, 0.2) is 40.9 Å². The summed E-state index contributed by atoms with van der Waals surface area (Å²) in [7, 11) is 0. The summed E-state index contributed by atoms with van der Waals surface area (Å²) in [5, 5.41) is 3.93. The Morgan fingerprint density at radius 1 is 0.926 bits per heavy atom. The van der Waals surface area contributed by atoms with E-state index in [0.717, 1.165) is 5.56 Å². The molecule has 2 aromatic rings. The van der Waals surface area contributed by atoms with Crippen molar-refractivity contribution in [1.29, 1.82) is 0 Å². The Bertz CT molecular complexity index is 721. The van der Waals surface area contributed by atoms with E-state index in [9.17, 15) is 26.3 Å². The Hall–Kier alpha value is -2.07. The van der Waals surface area contributed by atoms with E-state index in [1.54, 1.807) is 11.0 Å². The molecule has 27 heavy (non-hydrogen) atoms. The van der Waals surface area contributed by atoms with Gasteiger partial charge in [0.25, 0.3) is 0 Å². The minimum Gasteiger partial charge on any atom is -0.356 e. The van der Waals surface area contributed by atoms with Gasteiger partial charge in [0.1, 0.15) is 0 Å². The van der Waals surface area contributed by atoms with Crippen molar-refractivity contribution in [1.82, 2.24) is 15.0 Å². The monoisotopic (exact) mass is 393 g/mol. The number of hydrogen-bond acceptors (Lipinski definition) is 4. The molecule has 0 radical (unpaired) electrons. The van der Waals surface area contributed by atoms with E-state index in [0.29, 0.717) is 22.9 Å². The number of nitrogens with zero attached hydrogens (tertiary/aromatic N) is 3. The Labute approximate surface area is 151 Å². The lowest BCUT2D eigenvalue weighted by Crippen LogP contribution is -2.60. The second kappa shape index (κ2) is 7.51. The normalized spacial score (nSPS) is 17.6. The second-order valence-corrected chi connectivity index (χ2v) is 6.35. The van der Waals surface area contributed by atoms with Gasteiger partial charge >= 0.3 is 12.4 Å². The molecule has 1 saturated heterocycles. The van der Waals surface area contributed by atoms with Crippen molar-refractivity contribution in [3.05, 3.63) is 42.1 Å². The van der Waals surface area contributed by atoms with Gasteiger partial charge in [-0.3, -0.25) is 9.80 Å². The zero-order valence-corrected chi connectivity index (χ0v) is 14.1. The first kappa shape index (κ1) is 19.7. The number of rotatable bonds is 4. The molecule has 0 saturated carbocycles. The number of alkyl halides is 6. The predicted molar refractivity (Wildman–Crippen MR) is 84.7 cm³/mol. The van der Waals surface area contributed by atoms with Crippen LogP contribution in [0.3, 0.4) is 0 Å². The third-order valence-electron chi connectivity index (χ3n) is 4.39. The van der Waals surface area contributed by atoms with Crippen molar-refractivity contribution < 1.29 is 30.9 Å². The third-order valence-corrected chi connectivity index (χ3v) is 4.39. The quantitative estimate of drug-likeness (QED) is 0.737. The molecule has 1 aliphatic heterocycles. The zero-order chi connectivity index (χ0) is 19.7. The van der Waals surface area contributed by atoms with Crippen molar-refractivity contribution >= 4 is 0 Å². The van der Waals surface area contributed by atoms with E-state index in [1.807, 2.05) is 30.3 Å². The summed E-state index contributed by atoms with van der Waals surface area (Å²) in [6.45, 7) is -0.195. The van der Waals surface area contributed by atoms with Crippen LogP contribution in [0.25, 0.3) is 11.3 Å². The fourth-order valence-corrected chi connectivity index (χ4v) is 3.13. The van der Waals surface area contributed by atoms with Gasteiger partial charge in [0.15, 0.2) is 5.76 Å². The predicted octanol–water partition coefficient (Wildman–Crippen LogP) is 3.95. The fraction of sp³-hybridized carbons (Fsp3) is 0.471. The van der Waals surface area contributed by atoms with E-state index < -0.39 is 18.4 Å². The van der Waals surface area contributed by atoms with Crippen LogP contribution in [0.5, 0.6) is 0 Å². The van der Waals surface area contributed by atoms with Gasteiger partial charge in [-0.25, -0.2) is 0 Å². The van der Waals surface area contributed by atoms with E-state index in [-0.39, 0.29) is 26.2 Å². The molecule has 0 amide bonds. The smallest absolute Gasteiger partial charge is 0.356 e. The Morgan fingerprint density at radius 2 is 1.52 bits per heavy atom. The highest BCUT2D eigenvalue weighted by molar-refractivity contribution is 5.56. The largest absolute Gasteiger partial charge is 0.412 e. The molecule has 1 aromatic heterocycles. The average molecular weight is 393 g/mol. The molecular weight excluding hydrogens is 376 g/mol. The van der Waals surface area contributed by atoms with Gasteiger partial charge in [-0.15, -0.1) is 0 Å². The lowest BCUT2D eigenvalue weighted by Gasteiger charge is -2.40. The molecule has 1 aliphatic rings. The molecule has 2 heterocycles. The van der Waals surface area contributed by atoms with Crippen LogP contribution < -0.4 is 0 Å². The van der Waals surface area contributed by atoms with Crippen molar-refractivity contribution in [2.24, 2.45) is 0 Å². The highest BCUT2D eigenvalue weighted by atomic mass is 19.4. The minimum atomic E-state index is -5.35. The highest BCUT2D eigenvalue weighted by Gasteiger charge is 2.59. The molecule has 10 heteroatoms. The van der Waals surface area contributed by atoms with Crippen molar-refractivity contribution in [3.8, 4) is 11.3 Å². The van der Waals surface area contributed by atoms with Crippen LogP contribution in [0, 0.1) is 0 Å². The summed E-state index contributed by atoms with van der Waals surface area (Å²) in [5.41, 5.74) is 1.41. The average Bonchev–Trinajstić information content (AvgIpc) is 3.03. The number of halogens is 6. The van der Waals surface area contributed by atoms with Crippen molar-refractivity contribution in [2.75, 3.05) is 26.2 Å². The molecular formula is C17H17F6N3O. The summed E-state index contributed by atoms with van der Waals surface area (Å²) in [6, 6.07) is 7.52. The zero-order valence-electron chi connectivity index (χ0n) is 14.1. The molecule has 1 aromatic carbocycles. The topological polar surface area (TPSA) is 32.5 Å². The van der Waals surface area contributed by atoms with Gasteiger partial charge in [-0.1, -0.05) is 35.5 Å². The standard InChI is InChI=1S/C17H17F6N3O/c18-16(19,20)15(17(21,22)23)26-8-6-25(7-9-26)11-13-10-14(27-24-13)12-4-2-1-3-5-12/h1-5,10,15H,6-9,11H2. The van der Waals surface area contributed by atoms with Gasteiger partial charge in [0, 0.05) is 44.4 Å². The van der Waals surface area contributed by atoms with Crippen LogP contribution in [0.4, 0.5) is 26.3 Å². The SMILES string of the molecule is FC(F)(F)C(N1CCN(Cc2cc(-c3ccccc3)on2)CC1)C(F)(F)F. The molecule has 0 atom stereocenters. The van der Waals surface area contributed by atoms with Crippen molar-refractivity contribution in [2.45, 2.75) is 24.9 Å². The van der Waals surface area contributed by atoms with Crippen LogP contribution in [0.2, 0.25) is 0 Å². The first-order chi connectivity index (χ1) is 12.6. The molecule has 0 bridgehead atoms. The van der Waals surface area contributed by atoms with Crippen molar-refractivity contribution in [3.63, 3.8) is 0 Å². The van der Waals surface area contributed by atoms with Crippen LogP contribution >= 0.6 is 0 Å². The Morgan fingerprint density at radius 3 is 2.07 bits per heavy atom. The molecule has 148 valence electrons. The molecule has 0 N–H and O–H groups in total. The summed E-state index contributed by atoms with van der Waals surface area (Å²) in [5.74, 6) is 0.554. The van der Waals surface area contributed by atoms with E-state index in [4.69, 9.17) is 4.52 Å².